The molecule has 0 saturated heterocycles. The van der Waals surface area contributed by atoms with Crippen LogP contribution in [0.15, 0.2) is 30.3 Å². The topological polar surface area (TPSA) is 46.6 Å². The van der Waals surface area contributed by atoms with Crippen molar-refractivity contribution in [2.75, 3.05) is 14.2 Å². The Bertz CT molecular complexity index is 696. The van der Waals surface area contributed by atoms with Gasteiger partial charge in [0.25, 0.3) is 5.91 Å². The van der Waals surface area contributed by atoms with E-state index >= 15 is 0 Å². The van der Waals surface area contributed by atoms with Crippen LogP contribution >= 0.6 is 22.9 Å². The summed E-state index contributed by atoms with van der Waals surface area (Å²) < 4.78 is 18.3. The number of esters is 1. The highest BCUT2D eigenvalue weighted by Gasteiger charge is 2.19. The van der Waals surface area contributed by atoms with Crippen LogP contribution in [-0.2, 0) is 11.3 Å². The Morgan fingerprint density at radius 2 is 1.95 bits per heavy atom. The third-order valence-electron chi connectivity index (χ3n) is 3.01. The predicted molar refractivity (Wildman–Crippen MR) is 82.9 cm³/mol. The monoisotopic (exact) mass is 341 g/mol. The van der Waals surface area contributed by atoms with Crippen LogP contribution in [0.4, 0.5) is 4.39 Å². The molecule has 1 aromatic heterocycles. The van der Waals surface area contributed by atoms with Crippen molar-refractivity contribution in [1.29, 1.82) is 0 Å². The lowest BCUT2D eigenvalue weighted by atomic mass is 10.2. The van der Waals surface area contributed by atoms with Gasteiger partial charge in [0.15, 0.2) is 0 Å². The van der Waals surface area contributed by atoms with Crippen LogP contribution in [0.5, 0.6) is 0 Å². The minimum absolute atomic E-state index is 0.0375. The summed E-state index contributed by atoms with van der Waals surface area (Å²) >= 11 is 6.98. The molecule has 7 heteroatoms. The van der Waals surface area contributed by atoms with Gasteiger partial charge >= 0.3 is 5.97 Å². The highest BCUT2D eigenvalue weighted by Crippen LogP contribution is 2.23. The first kappa shape index (κ1) is 16.5. The van der Waals surface area contributed by atoms with Gasteiger partial charge in [-0.3, -0.25) is 4.79 Å². The summed E-state index contributed by atoms with van der Waals surface area (Å²) in [6.07, 6.45) is 0. The van der Waals surface area contributed by atoms with E-state index in [-0.39, 0.29) is 23.0 Å². The fourth-order valence-electron chi connectivity index (χ4n) is 1.84. The summed E-state index contributed by atoms with van der Waals surface area (Å²) in [5.41, 5.74) is 0.254. The molecule has 0 N–H and O–H groups in total. The quantitative estimate of drug-likeness (QED) is 0.798. The highest BCUT2D eigenvalue weighted by molar-refractivity contribution is 7.15. The van der Waals surface area contributed by atoms with Crippen molar-refractivity contribution in [1.82, 2.24) is 4.90 Å². The molecule has 0 unspecified atom stereocenters. The highest BCUT2D eigenvalue weighted by atomic mass is 35.5. The average molecular weight is 342 g/mol. The van der Waals surface area contributed by atoms with Gasteiger partial charge in [0.05, 0.1) is 18.5 Å². The van der Waals surface area contributed by atoms with E-state index in [9.17, 15) is 14.0 Å². The van der Waals surface area contributed by atoms with Gasteiger partial charge in [0, 0.05) is 17.6 Å². The molecule has 0 aliphatic carbocycles. The average Bonchev–Trinajstić information content (AvgIpc) is 2.99. The van der Waals surface area contributed by atoms with Crippen LogP contribution in [0, 0.1) is 5.82 Å². The third-order valence-corrected chi connectivity index (χ3v) is 4.41. The first-order valence-electron chi connectivity index (χ1n) is 6.30. The smallest absolute Gasteiger partial charge is 0.348 e. The van der Waals surface area contributed by atoms with Gasteiger partial charge < -0.3 is 9.64 Å². The zero-order chi connectivity index (χ0) is 16.3. The van der Waals surface area contributed by atoms with E-state index in [1.54, 1.807) is 19.2 Å². The molecular weight excluding hydrogens is 329 g/mol. The molecule has 1 heterocycles. The van der Waals surface area contributed by atoms with Gasteiger partial charge in [0.1, 0.15) is 10.7 Å². The Hall–Kier alpha value is -1.92. The first-order valence-corrected chi connectivity index (χ1v) is 7.50. The Morgan fingerprint density at radius 1 is 1.27 bits per heavy atom. The Labute approximate surface area is 136 Å². The molecule has 2 rings (SSSR count). The number of nitrogens with zero attached hydrogens (tertiary/aromatic N) is 1. The number of carbonyl (C=O) groups excluding carboxylic acids is 2. The number of hydrogen-bond acceptors (Lipinski definition) is 4. The molecule has 0 radical (unpaired) electrons. The van der Waals surface area contributed by atoms with Crippen LogP contribution in [0.1, 0.15) is 24.9 Å². The molecule has 0 bridgehead atoms. The van der Waals surface area contributed by atoms with Gasteiger partial charge in [-0.15, -0.1) is 11.3 Å². The summed E-state index contributed by atoms with van der Waals surface area (Å²) in [6.45, 7) is 0.0375. The van der Waals surface area contributed by atoms with Crippen molar-refractivity contribution in [3.8, 4) is 0 Å². The second kappa shape index (κ2) is 6.89. The molecular formula is C15H13ClFNO3S. The molecule has 0 fully saturated rings. The van der Waals surface area contributed by atoms with Crippen LogP contribution in [0.2, 0.25) is 5.02 Å². The maximum atomic E-state index is 13.8. The van der Waals surface area contributed by atoms with Crippen LogP contribution in [0.3, 0.4) is 0 Å². The second-order valence-electron chi connectivity index (χ2n) is 4.52. The Morgan fingerprint density at radius 3 is 2.59 bits per heavy atom. The van der Waals surface area contributed by atoms with E-state index in [2.05, 4.69) is 4.74 Å². The number of halogens is 2. The molecule has 0 atom stereocenters. The van der Waals surface area contributed by atoms with Crippen molar-refractivity contribution in [2.45, 2.75) is 6.54 Å². The van der Waals surface area contributed by atoms with Gasteiger partial charge in [-0.2, -0.15) is 0 Å². The molecule has 22 heavy (non-hydrogen) atoms. The summed E-state index contributed by atoms with van der Waals surface area (Å²) in [7, 11) is 2.82. The number of hydrogen-bond donors (Lipinski definition) is 0. The number of amides is 1. The summed E-state index contributed by atoms with van der Waals surface area (Å²) in [4.78, 5) is 25.8. The van der Waals surface area contributed by atoms with Crippen LogP contribution in [0.25, 0.3) is 0 Å². The van der Waals surface area contributed by atoms with Crippen LogP contribution in [-0.4, -0.2) is 30.9 Å². The molecule has 0 saturated carbocycles. The summed E-state index contributed by atoms with van der Waals surface area (Å²) in [5.74, 6) is -1.28. The van der Waals surface area contributed by atoms with Gasteiger partial charge in [-0.1, -0.05) is 17.7 Å². The lowest BCUT2D eigenvalue weighted by Gasteiger charge is -2.17. The number of rotatable bonds is 4. The van der Waals surface area contributed by atoms with Crippen molar-refractivity contribution in [3.05, 3.63) is 56.5 Å². The fraction of sp³-hybridized carbons (Fsp3) is 0.200. The number of benzene rings is 1. The largest absolute Gasteiger partial charge is 0.465 e. The number of methoxy groups -OCH3 is 1. The van der Waals surface area contributed by atoms with E-state index < -0.39 is 11.8 Å². The number of ether oxygens (including phenoxy) is 1. The summed E-state index contributed by atoms with van der Waals surface area (Å²) in [5, 5.41) is 0.265. The normalized spacial score (nSPS) is 10.4. The van der Waals surface area contributed by atoms with Crippen LogP contribution < -0.4 is 0 Å². The maximum absolute atomic E-state index is 13.8. The van der Waals surface area contributed by atoms with E-state index in [1.165, 1.54) is 30.2 Å². The molecule has 1 aromatic carbocycles. The standard InChI is InChI=1S/C15H13ClFNO3S/c1-18(8-9-10(16)4-3-5-11(9)17)14(19)12-6-7-13(22-12)15(20)21-2/h3-7H,8H2,1-2H3. The van der Waals surface area contributed by atoms with E-state index in [4.69, 9.17) is 11.6 Å². The second-order valence-corrected chi connectivity index (χ2v) is 6.01. The number of thiophene rings is 1. The molecule has 116 valence electrons. The van der Waals surface area contributed by atoms with Crippen molar-refractivity contribution in [2.24, 2.45) is 0 Å². The molecule has 2 aromatic rings. The lowest BCUT2D eigenvalue weighted by molar-refractivity contribution is 0.0606. The minimum Gasteiger partial charge on any atom is -0.465 e. The van der Waals surface area contributed by atoms with E-state index in [1.807, 2.05) is 0 Å². The zero-order valence-electron chi connectivity index (χ0n) is 11.9. The number of carbonyl (C=O) groups is 2. The SMILES string of the molecule is COC(=O)c1ccc(C(=O)N(C)Cc2c(F)cccc2Cl)s1. The van der Waals surface area contributed by atoms with Gasteiger partial charge in [0.2, 0.25) is 0 Å². The lowest BCUT2D eigenvalue weighted by Crippen LogP contribution is -2.26. The van der Waals surface area contributed by atoms with E-state index in [0.717, 1.165) is 11.3 Å². The Balaban J connectivity index is 2.16. The van der Waals surface area contributed by atoms with Crippen molar-refractivity contribution in [3.63, 3.8) is 0 Å². The first-order chi connectivity index (χ1) is 10.4. The predicted octanol–water partition coefficient (Wildman–Crippen LogP) is 3.60. The maximum Gasteiger partial charge on any atom is 0.348 e. The zero-order valence-corrected chi connectivity index (χ0v) is 13.5. The summed E-state index contributed by atoms with van der Waals surface area (Å²) in [6, 6.07) is 7.43. The molecule has 1 amide bonds. The molecule has 4 nitrogen and oxygen atoms in total. The minimum atomic E-state index is -0.496. The van der Waals surface area contributed by atoms with Gasteiger partial charge in [-0.25, -0.2) is 9.18 Å². The molecule has 0 aliphatic rings. The van der Waals surface area contributed by atoms with E-state index in [0.29, 0.717) is 9.75 Å². The fourth-order valence-corrected chi connectivity index (χ4v) is 2.99. The molecule has 0 aliphatic heterocycles. The third kappa shape index (κ3) is 3.45. The Kier molecular flexibility index (Phi) is 5.15. The van der Waals surface area contributed by atoms with Crippen molar-refractivity contribution < 1.29 is 18.7 Å². The van der Waals surface area contributed by atoms with Crippen molar-refractivity contribution >= 4 is 34.8 Å². The molecule has 0 spiro atoms. The van der Waals surface area contributed by atoms with Gasteiger partial charge in [-0.05, 0) is 24.3 Å².